The van der Waals surface area contributed by atoms with Gasteiger partial charge in [0.1, 0.15) is 22.8 Å². The number of benzene rings is 3. The van der Waals surface area contributed by atoms with Crippen molar-refractivity contribution in [2.24, 2.45) is 17.3 Å². The van der Waals surface area contributed by atoms with Crippen molar-refractivity contribution in [2.75, 3.05) is 0 Å². The third kappa shape index (κ3) is 2.17. The van der Waals surface area contributed by atoms with Gasteiger partial charge in [-0.05, 0) is 47.0 Å². The Morgan fingerprint density at radius 3 is 2.55 bits per heavy atom. The van der Waals surface area contributed by atoms with Gasteiger partial charge in [0.25, 0.3) is 0 Å². The lowest BCUT2D eigenvalue weighted by Crippen LogP contribution is -2.11. The van der Waals surface area contributed by atoms with Crippen LogP contribution in [0.1, 0.15) is 0 Å². The van der Waals surface area contributed by atoms with Gasteiger partial charge < -0.3 is 8.98 Å². The second-order valence-corrected chi connectivity index (χ2v) is 7.13. The highest BCUT2D eigenvalue weighted by molar-refractivity contribution is 6.30. The molecule has 3 aromatic rings. The molecule has 3 heterocycles. The Morgan fingerprint density at radius 1 is 0.897 bits per heavy atom. The Bertz CT molecular complexity index is 1680. The van der Waals surface area contributed by atoms with Gasteiger partial charge in [0.15, 0.2) is 0 Å². The van der Waals surface area contributed by atoms with Crippen LogP contribution in [0.4, 0.5) is 8.78 Å². The second kappa shape index (κ2) is 5.61. The summed E-state index contributed by atoms with van der Waals surface area (Å²) < 4.78 is 37.3. The molecule has 0 saturated heterocycles. The zero-order valence-corrected chi connectivity index (χ0v) is 15.3. The number of aryl methyl sites for hydroxylation is 1. The van der Waals surface area contributed by atoms with Crippen molar-refractivity contribution < 1.29 is 13.2 Å². The maximum Gasteiger partial charge on any atom is 0.137 e. The molecule has 6 rings (SSSR count). The molecule has 0 spiro atoms. The summed E-state index contributed by atoms with van der Waals surface area (Å²) in [5.74, 6) is -0.697. The summed E-state index contributed by atoms with van der Waals surface area (Å²) in [4.78, 5) is 0. The minimum atomic E-state index is -0.353. The molecule has 3 aliphatic rings. The first-order valence-electron chi connectivity index (χ1n) is 9.11. The molecule has 4 nitrogen and oxygen atoms in total. The Morgan fingerprint density at radius 2 is 1.72 bits per heavy atom. The van der Waals surface area contributed by atoms with E-state index in [-0.39, 0.29) is 11.6 Å². The van der Waals surface area contributed by atoms with Gasteiger partial charge in [-0.15, -0.1) is 0 Å². The number of halogens is 2. The summed E-state index contributed by atoms with van der Waals surface area (Å²) in [5.41, 5.74) is 2.63. The van der Waals surface area contributed by atoms with Crippen molar-refractivity contribution in [2.45, 2.75) is 0 Å². The van der Waals surface area contributed by atoms with Crippen molar-refractivity contribution in [1.82, 2.24) is 4.57 Å². The first kappa shape index (κ1) is 16.2. The minimum absolute atomic E-state index is 0.344. The monoisotopic (exact) mass is 385 g/mol. The van der Waals surface area contributed by atoms with Gasteiger partial charge in [-0.25, -0.2) is 8.78 Å². The molecular weight excluding hydrogens is 372 g/mol. The van der Waals surface area contributed by atoms with E-state index < -0.39 is 0 Å². The number of nitrogens with zero attached hydrogens (tertiary/aromatic N) is 3. The number of fused-ring (bicyclic) bond motifs is 4. The molecule has 29 heavy (non-hydrogen) atoms. The van der Waals surface area contributed by atoms with E-state index >= 15 is 4.39 Å². The van der Waals surface area contributed by atoms with Gasteiger partial charge in [-0.1, -0.05) is 12.1 Å². The molecule has 0 aliphatic carbocycles. The Hall–Kier alpha value is -3.80. The third-order valence-corrected chi connectivity index (χ3v) is 5.51. The molecule has 0 fully saturated rings. The van der Waals surface area contributed by atoms with E-state index in [0.717, 1.165) is 21.5 Å². The molecule has 0 atom stereocenters. The van der Waals surface area contributed by atoms with E-state index in [0.29, 0.717) is 32.7 Å². The number of hydrogen-bond acceptors (Lipinski definition) is 3. The summed E-state index contributed by atoms with van der Waals surface area (Å²) in [7, 11) is 1.86. The predicted octanol–water partition coefficient (Wildman–Crippen LogP) is 4.58. The van der Waals surface area contributed by atoms with E-state index in [1.54, 1.807) is 18.5 Å². The van der Waals surface area contributed by atoms with E-state index in [2.05, 4.69) is 10.2 Å². The van der Waals surface area contributed by atoms with Crippen LogP contribution in [0.5, 0.6) is 0 Å². The van der Waals surface area contributed by atoms with Crippen molar-refractivity contribution >= 4 is 50.8 Å². The van der Waals surface area contributed by atoms with Crippen molar-refractivity contribution in [3.63, 3.8) is 0 Å². The van der Waals surface area contributed by atoms with Gasteiger partial charge >= 0.3 is 0 Å². The highest BCUT2D eigenvalue weighted by Gasteiger charge is 2.16. The van der Waals surface area contributed by atoms with Crippen LogP contribution in [0, 0.1) is 22.2 Å². The van der Waals surface area contributed by atoms with E-state index in [1.807, 2.05) is 35.9 Å². The van der Waals surface area contributed by atoms with Crippen LogP contribution in [0.2, 0.25) is 0 Å². The first-order valence-corrected chi connectivity index (χ1v) is 9.11. The normalized spacial score (nSPS) is 13.7. The number of aromatic nitrogens is 1. The average molecular weight is 385 g/mol. The zero-order chi connectivity index (χ0) is 19.7. The van der Waals surface area contributed by atoms with Crippen LogP contribution in [-0.4, -0.2) is 17.0 Å². The molecule has 0 aromatic heterocycles. The van der Waals surface area contributed by atoms with Crippen LogP contribution in [0.3, 0.4) is 0 Å². The maximum atomic E-state index is 15.3. The fourth-order valence-electron chi connectivity index (χ4n) is 4.23. The van der Waals surface area contributed by atoms with Gasteiger partial charge in [-0.2, -0.15) is 10.2 Å². The Balaban J connectivity index is 1.99. The van der Waals surface area contributed by atoms with Gasteiger partial charge in [0.2, 0.25) is 0 Å². The van der Waals surface area contributed by atoms with Gasteiger partial charge in [-0.3, -0.25) is 0 Å². The maximum absolute atomic E-state index is 15.3. The van der Waals surface area contributed by atoms with Crippen molar-refractivity contribution in [1.29, 1.82) is 0 Å². The summed E-state index contributed by atoms with van der Waals surface area (Å²) >= 11 is 0. The fourth-order valence-corrected chi connectivity index (χ4v) is 4.23. The topological polar surface area (TPSA) is 42.8 Å². The molecule has 140 valence electrons. The second-order valence-electron chi connectivity index (χ2n) is 7.13. The summed E-state index contributed by atoms with van der Waals surface area (Å²) in [6.45, 7) is 0. The summed E-state index contributed by atoms with van der Waals surface area (Å²) in [6, 6.07) is 13.4. The third-order valence-electron chi connectivity index (χ3n) is 5.51. The van der Waals surface area contributed by atoms with E-state index in [9.17, 15) is 4.39 Å². The van der Waals surface area contributed by atoms with Crippen LogP contribution < -0.4 is 5.22 Å². The average Bonchev–Trinajstić information content (AvgIpc) is 3.25. The lowest BCUT2D eigenvalue weighted by Gasteiger charge is -2.15. The van der Waals surface area contributed by atoms with Gasteiger partial charge in [0, 0.05) is 28.6 Å². The standard InChI is InChI=1S/C23H13F2N3O/c1-28-18-8-12(13-10-26-27-11-13)7-17(25)21(18)15-3-2-4-20-22(15)23(28)16-9-14(24)5-6-19(16)29-20/h2-11H,1H3. The number of hydrogen-bond donors (Lipinski definition) is 0. The van der Waals surface area contributed by atoms with Crippen molar-refractivity contribution in [3.05, 3.63) is 76.0 Å². The van der Waals surface area contributed by atoms with E-state index in [1.165, 1.54) is 18.2 Å². The van der Waals surface area contributed by atoms with E-state index in [4.69, 9.17) is 4.42 Å². The lowest BCUT2D eigenvalue weighted by atomic mass is 10.0. The van der Waals surface area contributed by atoms with Crippen LogP contribution >= 0.6 is 0 Å². The van der Waals surface area contributed by atoms with Crippen LogP contribution in [0.15, 0.2) is 63.2 Å². The molecule has 0 radical (unpaired) electrons. The molecule has 3 aliphatic heterocycles. The largest absolute Gasteiger partial charge is 0.456 e. The van der Waals surface area contributed by atoms with Crippen molar-refractivity contribution in [3.8, 4) is 0 Å². The SMILES string of the molecule is Cn1c2c3cc(F)ccc3oc3cccc(c3=2)c2c(F)cc(=C3C=NN=C3)cc21. The summed E-state index contributed by atoms with van der Waals surface area (Å²) in [5, 5.41) is 11.8. The smallest absolute Gasteiger partial charge is 0.137 e. The Kier molecular flexibility index (Phi) is 3.13. The molecular formula is C23H13F2N3O. The van der Waals surface area contributed by atoms with Crippen LogP contribution in [0.25, 0.3) is 38.4 Å². The summed E-state index contributed by atoms with van der Waals surface area (Å²) in [6.07, 6.45) is 3.20. The molecule has 0 saturated carbocycles. The lowest BCUT2D eigenvalue weighted by molar-refractivity contribution is 0.621. The molecule has 0 amide bonds. The fraction of sp³-hybridized carbons (Fsp3) is 0.0435. The Labute approximate surface area is 162 Å². The molecule has 3 aromatic carbocycles. The van der Waals surface area contributed by atoms with Gasteiger partial charge in [0.05, 0.1) is 23.3 Å². The van der Waals surface area contributed by atoms with Crippen LogP contribution in [-0.2, 0) is 7.05 Å². The molecule has 6 heteroatoms. The first-order chi connectivity index (χ1) is 14.1. The highest BCUT2D eigenvalue weighted by Crippen LogP contribution is 2.31. The molecule has 0 bridgehead atoms. The number of rotatable bonds is 0. The molecule has 0 unspecified atom stereocenters. The minimum Gasteiger partial charge on any atom is -0.456 e. The molecule has 0 N–H and O–H groups in total. The zero-order valence-electron chi connectivity index (χ0n) is 15.3. The highest BCUT2D eigenvalue weighted by atomic mass is 19.1. The predicted molar refractivity (Wildman–Crippen MR) is 110 cm³/mol. The quantitative estimate of drug-likeness (QED) is 0.385.